The maximum absolute atomic E-state index is 12.1. The third-order valence-electron chi connectivity index (χ3n) is 3.62. The van der Waals surface area contributed by atoms with Gasteiger partial charge < -0.3 is 15.4 Å². The SMILES string of the molecule is CC(=O)Oc1cccc(C(=O)NCCCNC(=O)/C=C/c2ccccc2Cl)c1. The monoisotopic (exact) mass is 400 g/mol. The second-order valence-electron chi connectivity index (χ2n) is 5.88. The van der Waals surface area contributed by atoms with Gasteiger partial charge in [0.05, 0.1) is 0 Å². The van der Waals surface area contributed by atoms with E-state index in [0.717, 1.165) is 5.56 Å². The number of hydrogen-bond donors (Lipinski definition) is 2. The summed E-state index contributed by atoms with van der Waals surface area (Å²) in [5.41, 5.74) is 1.16. The van der Waals surface area contributed by atoms with Crippen molar-refractivity contribution in [1.82, 2.24) is 10.6 Å². The summed E-state index contributed by atoms with van der Waals surface area (Å²) in [5.74, 6) is -0.645. The Balaban J connectivity index is 1.70. The minimum Gasteiger partial charge on any atom is -0.427 e. The number of carbonyl (C=O) groups excluding carboxylic acids is 3. The van der Waals surface area contributed by atoms with E-state index in [1.807, 2.05) is 18.2 Å². The molecule has 0 saturated heterocycles. The van der Waals surface area contributed by atoms with Crippen LogP contribution < -0.4 is 15.4 Å². The first-order valence-corrected chi connectivity index (χ1v) is 9.10. The Morgan fingerprint density at radius 1 is 1.04 bits per heavy atom. The van der Waals surface area contributed by atoms with Gasteiger partial charge in [-0.1, -0.05) is 35.9 Å². The summed E-state index contributed by atoms with van der Waals surface area (Å²) in [6.45, 7) is 2.11. The summed E-state index contributed by atoms with van der Waals surface area (Å²) in [6, 6.07) is 13.6. The van der Waals surface area contributed by atoms with Crippen LogP contribution in [-0.2, 0) is 9.59 Å². The van der Waals surface area contributed by atoms with Crippen LogP contribution in [-0.4, -0.2) is 30.9 Å². The summed E-state index contributed by atoms with van der Waals surface area (Å²) in [7, 11) is 0. The van der Waals surface area contributed by atoms with Crippen LogP contribution in [0.25, 0.3) is 6.08 Å². The highest BCUT2D eigenvalue weighted by atomic mass is 35.5. The van der Waals surface area contributed by atoms with Gasteiger partial charge in [-0.3, -0.25) is 14.4 Å². The Bertz CT molecular complexity index is 880. The molecule has 2 N–H and O–H groups in total. The molecule has 0 unspecified atom stereocenters. The molecule has 0 fully saturated rings. The van der Waals surface area contributed by atoms with Gasteiger partial charge in [-0.2, -0.15) is 0 Å². The van der Waals surface area contributed by atoms with Gasteiger partial charge in [-0.25, -0.2) is 0 Å². The third-order valence-corrected chi connectivity index (χ3v) is 3.96. The smallest absolute Gasteiger partial charge is 0.308 e. The van der Waals surface area contributed by atoms with Crippen LogP contribution in [0.1, 0.15) is 29.3 Å². The van der Waals surface area contributed by atoms with Gasteiger partial charge in [0.1, 0.15) is 5.75 Å². The molecule has 0 radical (unpaired) electrons. The summed E-state index contributed by atoms with van der Waals surface area (Å²) in [4.78, 5) is 34.9. The molecule has 2 amide bonds. The second-order valence-corrected chi connectivity index (χ2v) is 6.28. The molecule has 146 valence electrons. The molecule has 2 aromatic rings. The molecule has 0 aliphatic rings. The lowest BCUT2D eigenvalue weighted by atomic mass is 10.2. The molecule has 2 aromatic carbocycles. The van der Waals surface area contributed by atoms with E-state index in [1.165, 1.54) is 19.1 Å². The van der Waals surface area contributed by atoms with Gasteiger partial charge in [-0.05, 0) is 42.3 Å². The highest BCUT2D eigenvalue weighted by molar-refractivity contribution is 6.32. The number of amides is 2. The molecule has 0 aromatic heterocycles. The van der Waals surface area contributed by atoms with Gasteiger partial charge in [0, 0.05) is 36.7 Å². The Labute approximate surface area is 168 Å². The first kappa shape index (κ1) is 21.2. The first-order valence-electron chi connectivity index (χ1n) is 8.73. The van der Waals surface area contributed by atoms with Crippen molar-refractivity contribution in [2.24, 2.45) is 0 Å². The molecule has 0 aliphatic heterocycles. The van der Waals surface area contributed by atoms with Crippen molar-refractivity contribution in [2.75, 3.05) is 13.1 Å². The number of hydrogen-bond acceptors (Lipinski definition) is 4. The van der Waals surface area contributed by atoms with Gasteiger partial charge >= 0.3 is 5.97 Å². The minimum absolute atomic E-state index is 0.236. The zero-order chi connectivity index (χ0) is 20.4. The van der Waals surface area contributed by atoms with Gasteiger partial charge in [0.25, 0.3) is 5.91 Å². The summed E-state index contributed by atoms with van der Waals surface area (Å²) < 4.78 is 4.96. The average molecular weight is 401 g/mol. The maximum Gasteiger partial charge on any atom is 0.308 e. The normalized spacial score (nSPS) is 10.5. The van der Waals surface area contributed by atoms with E-state index >= 15 is 0 Å². The first-order chi connectivity index (χ1) is 13.5. The topological polar surface area (TPSA) is 84.5 Å². The fourth-order valence-corrected chi connectivity index (χ4v) is 2.50. The Kier molecular flexibility index (Phi) is 8.24. The predicted octanol–water partition coefficient (Wildman–Crippen LogP) is 3.21. The lowest BCUT2D eigenvalue weighted by Gasteiger charge is -2.07. The lowest BCUT2D eigenvalue weighted by Crippen LogP contribution is -2.29. The summed E-state index contributed by atoms with van der Waals surface area (Å²) in [5, 5.41) is 6.07. The molecule has 2 rings (SSSR count). The van der Waals surface area contributed by atoms with Crippen LogP contribution >= 0.6 is 11.6 Å². The summed E-state index contributed by atoms with van der Waals surface area (Å²) >= 11 is 6.02. The van der Waals surface area contributed by atoms with Crippen molar-refractivity contribution in [3.8, 4) is 5.75 Å². The van der Waals surface area contributed by atoms with Crippen molar-refractivity contribution >= 4 is 35.5 Å². The lowest BCUT2D eigenvalue weighted by molar-refractivity contribution is -0.131. The van der Waals surface area contributed by atoms with Crippen molar-refractivity contribution in [3.63, 3.8) is 0 Å². The van der Waals surface area contributed by atoms with Crippen LogP contribution in [0.4, 0.5) is 0 Å². The van der Waals surface area contributed by atoms with Crippen molar-refractivity contribution in [1.29, 1.82) is 0 Å². The molecular weight excluding hydrogens is 380 g/mol. The highest BCUT2D eigenvalue weighted by Crippen LogP contribution is 2.16. The van der Waals surface area contributed by atoms with E-state index in [2.05, 4.69) is 10.6 Å². The zero-order valence-electron chi connectivity index (χ0n) is 15.4. The third kappa shape index (κ3) is 7.25. The Morgan fingerprint density at radius 2 is 1.79 bits per heavy atom. The zero-order valence-corrected chi connectivity index (χ0v) is 16.2. The number of nitrogens with one attached hydrogen (secondary N) is 2. The van der Waals surface area contributed by atoms with Crippen molar-refractivity contribution < 1.29 is 19.1 Å². The fraction of sp³-hybridized carbons (Fsp3) is 0.190. The summed E-state index contributed by atoms with van der Waals surface area (Å²) in [6.07, 6.45) is 3.64. The molecule has 28 heavy (non-hydrogen) atoms. The van der Waals surface area contributed by atoms with Crippen LogP contribution in [0.5, 0.6) is 5.75 Å². The molecule has 0 bridgehead atoms. The molecule has 0 saturated carbocycles. The van der Waals surface area contributed by atoms with Crippen molar-refractivity contribution in [3.05, 3.63) is 70.8 Å². The maximum atomic E-state index is 12.1. The quantitative estimate of drug-likeness (QED) is 0.308. The average Bonchev–Trinajstić information content (AvgIpc) is 2.66. The largest absolute Gasteiger partial charge is 0.427 e. The second kappa shape index (κ2) is 10.9. The molecule has 0 heterocycles. The standard InChI is InChI=1S/C21H21ClN2O4/c1-15(25)28-18-8-4-7-17(14-18)21(27)24-13-5-12-23-20(26)11-10-16-6-2-3-9-19(16)22/h2-4,6-11,14H,5,12-13H2,1H3,(H,23,26)(H,24,27)/b11-10+. The van der Waals surface area contributed by atoms with E-state index in [0.29, 0.717) is 35.8 Å². The minimum atomic E-state index is -0.447. The van der Waals surface area contributed by atoms with Gasteiger partial charge in [0.2, 0.25) is 5.91 Å². The van der Waals surface area contributed by atoms with Gasteiger partial charge in [-0.15, -0.1) is 0 Å². The molecule has 7 heteroatoms. The number of esters is 1. The molecule has 0 atom stereocenters. The van der Waals surface area contributed by atoms with E-state index in [1.54, 1.807) is 30.3 Å². The van der Waals surface area contributed by atoms with Gasteiger partial charge in [0.15, 0.2) is 0 Å². The van der Waals surface area contributed by atoms with E-state index < -0.39 is 5.97 Å². The number of ether oxygens (including phenoxy) is 1. The number of halogens is 1. The fourth-order valence-electron chi connectivity index (χ4n) is 2.31. The van der Waals surface area contributed by atoms with Crippen molar-refractivity contribution in [2.45, 2.75) is 13.3 Å². The molecule has 0 aliphatic carbocycles. The number of rotatable bonds is 8. The van der Waals surface area contributed by atoms with E-state index in [4.69, 9.17) is 16.3 Å². The van der Waals surface area contributed by atoms with Crippen LogP contribution in [0, 0.1) is 0 Å². The van der Waals surface area contributed by atoms with Crippen LogP contribution in [0.15, 0.2) is 54.6 Å². The Hall–Kier alpha value is -3.12. The highest BCUT2D eigenvalue weighted by Gasteiger charge is 2.07. The molecule has 6 nitrogen and oxygen atoms in total. The molecule has 0 spiro atoms. The number of carbonyl (C=O) groups is 3. The van der Waals surface area contributed by atoms with Crippen LogP contribution in [0.3, 0.4) is 0 Å². The molecular formula is C21H21ClN2O4. The van der Waals surface area contributed by atoms with Crippen LogP contribution in [0.2, 0.25) is 5.02 Å². The van der Waals surface area contributed by atoms with E-state index in [-0.39, 0.29) is 11.8 Å². The Morgan fingerprint density at radius 3 is 2.54 bits per heavy atom. The predicted molar refractivity (Wildman–Crippen MR) is 108 cm³/mol. The van der Waals surface area contributed by atoms with E-state index in [9.17, 15) is 14.4 Å². The number of benzene rings is 2.